The molecule has 0 amide bonds. The van der Waals surface area contributed by atoms with Crippen LogP contribution in [0, 0.1) is 0 Å². The first-order valence-electron chi connectivity index (χ1n) is 6.64. The average Bonchev–Trinajstić information content (AvgIpc) is 2.99. The number of nitrogens with zero attached hydrogens (tertiary/aromatic N) is 1. The molecule has 0 aromatic heterocycles. The molecule has 2 heteroatoms. The molecule has 0 N–H and O–H groups in total. The van der Waals surface area contributed by atoms with Gasteiger partial charge in [-0.3, -0.25) is 0 Å². The summed E-state index contributed by atoms with van der Waals surface area (Å²) in [5.41, 5.74) is 6.44. The Hall–Kier alpha value is -1.40. The first-order valence-corrected chi connectivity index (χ1v) is 6.64. The lowest BCUT2D eigenvalue weighted by Gasteiger charge is -2.09. The highest BCUT2D eigenvalue weighted by molar-refractivity contribution is 5.65. The highest BCUT2D eigenvalue weighted by atomic mass is 16.1. The fourth-order valence-electron chi connectivity index (χ4n) is 2.97. The molecule has 0 heterocycles. The van der Waals surface area contributed by atoms with E-state index in [1.807, 2.05) is 13.8 Å². The highest BCUT2D eigenvalue weighted by Gasteiger charge is 2.23. The highest BCUT2D eigenvalue weighted by Crippen LogP contribution is 2.39. The van der Waals surface area contributed by atoms with Gasteiger partial charge in [-0.15, -0.1) is 0 Å². The maximum atomic E-state index is 10.5. The molecular weight excluding hydrogens is 210 g/mol. The molecule has 0 saturated heterocycles. The van der Waals surface area contributed by atoms with Crippen LogP contribution in [0.5, 0.6) is 0 Å². The molecular formula is C15H19NO. The van der Waals surface area contributed by atoms with Gasteiger partial charge in [-0.2, -0.15) is 4.99 Å². The first kappa shape index (κ1) is 12.1. The Morgan fingerprint density at radius 2 is 1.53 bits per heavy atom. The predicted molar refractivity (Wildman–Crippen MR) is 69.6 cm³/mol. The van der Waals surface area contributed by atoms with E-state index in [0.29, 0.717) is 0 Å². The number of benzene rings is 1. The minimum absolute atomic E-state index is 0.965. The van der Waals surface area contributed by atoms with Crippen LogP contribution in [0.3, 0.4) is 0 Å². The van der Waals surface area contributed by atoms with E-state index in [0.717, 1.165) is 31.4 Å². The van der Waals surface area contributed by atoms with Gasteiger partial charge in [0.25, 0.3) is 0 Å². The quantitative estimate of drug-likeness (QED) is 0.534. The number of aliphatic imine (C=N–C) groups is 1. The molecule has 2 nitrogen and oxygen atoms in total. The molecule has 3 rings (SSSR count). The predicted octanol–water partition coefficient (Wildman–Crippen LogP) is 3.66. The zero-order valence-corrected chi connectivity index (χ0v) is 10.7. The standard InChI is InChI=1S/C13H13NO.C2H6/c15-8-14-13-11-5-1-3-9(11)7-10-4-2-6-12(10)13;1-2/h7H,1-6H2;1-2H3. The van der Waals surface area contributed by atoms with E-state index in [9.17, 15) is 4.79 Å². The van der Waals surface area contributed by atoms with Gasteiger partial charge in [0.15, 0.2) is 0 Å². The number of carbonyl (C=O) groups excluding carboxylic acids is 1. The van der Waals surface area contributed by atoms with Gasteiger partial charge in [0.2, 0.25) is 6.08 Å². The minimum Gasteiger partial charge on any atom is -0.211 e. The van der Waals surface area contributed by atoms with Gasteiger partial charge in [-0.1, -0.05) is 19.9 Å². The van der Waals surface area contributed by atoms with Gasteiger partial charge in [-0.05, 0) is 60.8 Å². The van der Waals surface area contributed by atoms with Crippen molar-refractivity contribution in [3.63, 3.8) is 0 Å². The van der Waals surface area contributed by atoms with Crippen LogP contribution in [-0.2, 0) is 30.5 Å². The summed E-state index contributed by atoms with van der Waals surface area (Å²) in [6.45, 7) is 4.00. The Balaban J connectivity index is 0.000000514. The van der Waals surface area contributed by atoms with Crippen LogP contribution < -0.4 is 0 Å². The summed E-state index contributed by atoms with van der Waals surface area (Å²) in [5, 5.41) is 0. The third-order valence-electron chi connectivity index (χ3n) is 3.60. The lowest BCUT2D eigenvalue weighted by molar-refractivity contribution is 0.565. The van der Waals surface area contributed by atoms with Crippen molar-refractivity contribution in [2.75, 3.05) is 0 Å². The van der Waals surface area contributed by atoms with E-state index in [1.54, 1.807) is 6.08 Å². The molecule has 0 spiro atoms. The smallest absolute Gasteiger partial charge is 0.211 e. The monoisotopic (exact) mass is 229 g/mol. The molecule has 1 aromatic rings. The van der Waals surface area contributed by atoms with Crippen LogP contribution in [-0.4, -0.2) is 6.08 Å². The normalized spacial score (nSPS) is 15.4. The molecule has 17 heavy (non-hydrogen) atoms. The Labute approximate surface area is 103 Å². The molecule has 0 fully saturated rings. The second kappa shape index (κ2) is 5.29. The number of isocyanates is 1. The molecule has 0 atom stereocenters. The van der Waals surface area contributed by atoms with Crippen molar-refractivity contribution in [2.24, 2.45) is 4.99 Å². The SMILES string of the molecule is CC.O=C=Nc1c2c(cc3c1CCC3)CCC2. The molecule has 1 aromatic carbocycles. The topological polar surface area (TPSA) is 29.4 Å². The van der Waals surface area contributed by atoms with Gasteiger partial charge in [0.05, 0.1) is 5.69 Å². The lowest BCUT2D eigenvalue weighted by Crippen LogP contribution is -1.91. The summed E-state index contributed by atoms with van der Waals surface area (Å²) in [5.74, 6) is 0. The number of hydrogen-bond acceptors (Lipinski definition) is 2. The molecule has 0 radical (unpaired) electrons. The van der Waals surface area contributed by atoms with Crippen molar-refractivity contribution in [3.8, 4) is 0 Å². The molecule has 0 saturated carbocycles. The van der Waals surface area contributed by atoms with E-state index in [4.69, 9.17) is 0 Å². The van der Waals surface area contributed by atoms with E-state index >= 15 is 0 Å². The van der Waals surface area contributed by atoms with Crippen LogP contribution >= 0.6 is 0 Å². The Morgan fingerprint density at radius 1 is 1.00 bits per heavy atom. The van der Waals surface area contributed by atoms with Crippen molar-refractivity contribution < 1.29 is 4.79 Å². The Kier molecular flexibility index (Phi) is 3.75. The largest absolute Gasteiger partial charge is 0.240 e. The van der Waals surface area contributed by atoms with E-state index in [-0.39, 0.29) is 0 Å². The summed E-state index contributed by atoms with van der Waals surface area (Å²) in [6.07, 6.45) is 8.62. The van der Waals surface area contributed by atoms with Crippen LogP contribution in [0.2, 0.25) is 0 Å². The minimum atomic E-state index is 0.965. The molecule has 0 bridgehead atoms. The molecule has 0 aliphatic heterocycles. The maximum absolute atomic E-state index is 10.5. The molecule has 0 unspecified atom stereocenters. The van der Waals surface area contributed by atoms with Crippen molar-refractivity contribution in [2.45, 2.75) is 52.4 Å². The van der Waals surface area contributed by atoms with Crippen molar-refractivity contribution in [1.82, 2.24) is 0 Å². The van der Waals surface area contributed by atoms with Gasteiger partial charge in [0.1, 0.15) is 0 Å². The Bertz CT molecular complexity index is 438. The van der Waals surface area contributed by atoms with E-state index in [1.165, 1.54) is 35.1 Å². The summed E-state index contributed by atoms with van der Waals surface area (Å²) in [4.78, 5) is 14.4. The van der Waals surface area contributed by atoms with Crippen LogP contribution in [0.1, 0.15) is 48.9 Å². The van der Waals surface area contributed by atoms with Gasteiger partial charge in [-0.25, -0.2) is 4.79 Å². The lowest BCUT2D eigenvalue weighted by atomic mass is 9.99. The average molecular weight is 229 g/mol. The summed E-state index contributed by atoms with van der Waals surface area (Å²) < 4.78 is 0. The van der Waals surface area contributed by atoms with E-state index < -0.39 is 0 Å². The molecule has 2 aliphatic rings. The number of hydrogen-bond donors (Lipinski definition) is 0. The first-order chi connectivity index (χ1) is 8.40. The summed E-state index contributed by atoms with van der Waals surface area (Å²) in [6, 6.07) is 2.34. The van der Waals surface area contributed by atoms with Crippen molar-refractivity contribution in [1.29, 1.82) is 0 Å². The fourth-order valence-corrected chi connectivity index (χ4v) is 2.97. The maximum Gasteiger partial charge on any atom is 0.240 e. The Morgan fingerprint density at radius 3 is 2.00 bits per heavy atom. The zero-order valence-electron chi connectivity index (χ0n) is 10.7. The number of rotatable bonds is 1. The van der Waals surface area contributed by atoms with Crippen LogP contribution in [0.25, 0.3) is 0 Å². The van der Waals surface area contributed by atoms with Gasteiger partial charge < -0.3 is 0 Å². The van der Waals surface area contributed by atoms with Crippen LogP contribution in [0.4, 0.5) is 5.69 Å². The van der Waals surface area contributed by atoms with Crippen LogP contribution in [0.15, 0.2) is 11.1 Å². The van der Waals surface area contributed by atoms with Gasteiger partial charge >= 0.3 is 0 Å². The second-order valence-corrected chi connectivity index (χ2v) is 4.41. The zero-order chi connectivity index (χ0) is 12.3. The van der Waals surface area contributed by atoms with E-state index in [2.05, 4.69) is 11.1 Å². The van der Waals surface area contributed by atoms with Crippen molar-refractivity contribution >= 4 is 11.8 Å². The molecule has 90 valence electrons. The number of aryl methyl sites for hydroxylation is 2. The second-order valence-electron chi connectivity index (χ2n) is 4.41. The molecule has 2 aliphatic carbocycles. The third-order valence-corrected chi connectivity index (χ3v) is 3.60. The summed E-state index contributed by atoms with van der Waals surface area (Å²) >= 11 is 0. The number of fused-ring (bicyclic) bond motifs is 2. The summed E-state index contributed by atoms with van der Waals surface area (Å²) in [7, 11) is 0. The third kappa shape index (κ3) is 2.05. The van der Waals surface area contributed by atoms with Crippen molar-refractivity contribution in [3.05, 3.63) is 28.3 Å². The fraction of sp³-hybridized carbons (Fsp3) is 0.533. The van der Waals surface area contributed by atoms with Gasteiger partial charge in [0, 0.05) is 0 Å².